The SMILES string of the molecule is NC(=O)Cc1nccc2c(C(F)(F)F)cccc12. The number of nitrogens with zero attached hydrogens (tertiary/aromatic N) is 1. The molecule has 0 aliphatic carbocycles. The van der Waals surface area contributed by atoms with E-state index in [0.717, 1.165) is 6.07 Å². The van der Waals surface area contributed by atoms with E-state index >= 15 is 0 Å². The number of carbonyl (C=O) groups is 1. The van der Waals surface area contributed by atoms with Crippen LogP contribution in [0.2, 0.25) is 0 Å². The molecular formula is C12H9F3N2O. The molecule has 94 valence electrons. The molecule has 0 bridgehead atoms. The summed E-state index contributed by atoms with van der Waals surface area (Å²) in [7, 11) is 0. The second kappa shape index (κ2) is 4.29. The van der Waals surface area contributed by atoms with Gasteiger partial charge in [-0.3, -0.25) is 9.78 Å². The fourth-order valence-electron chi connectivity index (χ4n) is 1.82. The van der Waals surface area contributed by atoms with Gasteiger partial charge in [-0.05, 0) is 17.5 Å². The van der Waals surface area contributed by atoms with Crippen LogP contribution in [0, 0.1) is 0 Å². The van der Waals surface area contributed by atoms with Gasteiger partial charge in [0.1, 0.15) is 0 Å². The summed E-state index contributed by atoms with van der Waals surface area (Å²) >= 11 is 0. The maximum atomic E-state index is 12.8. The Balaban J connectivity index is 2.69. The van der Waals surface area contributed by atoms with Crippen molar-refractivity contribution in [3.8, 4) is 0 Å². The molecule has 0 aliphatic heterocycles. The maximum Gasteiger partial charge on any atom is 0.417 e. The van der Waals surface area contributed by atoms with Crippen LogP contribution >= 0.6 is 0 Å². The predicted octanol–water partition coefficient (Wildman–Crippen LogP) is 2.28. The third-order valence-electron chi connectivity index (χ3n) is 2.54. The van der Waals surface area contributed by atoms with E-state index in [0.29, 0.717) is 5.39 Å². The van der Waals surface area contributed by atoms with Crippen LogP contribution in [0.3, 0.4) is 0 Å². The second-order valence-electron chi connectivity index (χ2n) is 3.80. The highest BCUT2D eigenvalue weighted by Crippen LogP contribution is 2.35. The zero-order valence-electron chi connectivity index (χ0n) is 9.16. The van der Waals surface area contributed by atoms with Crippen LogP contribution in [0.4, 0.5) is 13.2 Å². The normalized spacial score (nSPS) is 11.7. The molecule has 1 heterocycles. The van der Waals surface area contributed by atoms with E-state index in [-0.39, 0.29) is 17.5 Å². The largest absolute Gasteiger partial charge is 0.417 e. The number of hydrogen-bond acceptors (Lipinski definition) is 2. The van der Waals surface area contributed by atoms with Crippen molar-refractivity contribution in [2.75, 3.05) is 0 Å². The fraction of sp³-hybridized carbons (Fsp3) is 0.167. The zero-order valence-corrected chi connectivity index (χ0v) is 9.16. The van der Waals surface area contributed by atoms with Gasteiger partial charge in [-0.25, -0.2) is 0 Å². The lowest BCUT2D eigenvalue weighted by atomic mass is 10.0. The second-order valence-corrected chi connectivity index (χ2v) is 3.80. The molecule has 2 N–H and O–H groups in total. The number of pyridine rings is 1. The summed E-state index contributed by atoms with van der Waals surface area (Å²) in [5.74, 6) is -0.632. The van der Waals surface area contributed by atoms with Gasteiger partial charge >= 0.3 is 6.18 Å². The molecule has 1 aromatic heterocycles. The van der Waals surface area contributed by atoms with Crippen molar-refractivity contribution in [2.45, 2.75) is 12.6 Å². The first-order valence-corrected chi connectivity index (χ1v) is 5.11. The molecule has 3 nitrogen and oxygen atoms in total. The summed E-state index contributed by atoms with van der Waals surface area (Å²) in [6, 6.07) is 5.06. The van der Waals surface area contributed by atoms with Crippen molar-refractivity contribution in [1.82, 2.24) is 4.98 Å². The number of carbonyl (C=O) groups excluding carboxylic acids is 1. The molecule has 0 atom stereocenters. The number of alkyl halides is 3. The predicted molar refractivity (Wildman–Crippen MR) is 59.6 cm³/mol. The smallest absolute Gasteiger partial charge is 0.369 e. The van der Waals surface area contributed by atoms with E-state index in [1.807, 2.05) is 0 Å². The van der Waals surface area contributed by atoms with Gasteiger partial charge in [-0.15, -0.1) is 0 Å². The van der Waals surface area contributed by atoms with Crippen LogP contribution in [0.15, 0.2) is 30.5 Å². The Morgan fingerprint density at radius 3 is 2.56 bits per heavy atom. The molecule has 2 aromatic rings. The average Bonchev–Trinajstić information content (AvgIpc) is 2.26. The number of aromatic nitrogens is 1. The van der Waals surface area contributed by atoms with Gasteiger partial charge in [-0.1, -0.05) is 12.1 Å². The van der Waals surface area contributed by atoms with Crippen LogP contribution in [0.25, 0.3) is 10.8 Å². The first-order chi connectivity index (χ1) is 8.39. The number of primary amides is 1. The molecule has 0 saturated carbocycles. The molecule has 1 aromatic carbocycles. The summed E-state index contributed by atoms with van der Waals surface area (Å²) < 4.78 is 38.4. The molecule has 0 aliphatic rings. The monoisotopic (exact) mass is 254 g/mol. The topological polar surface area (TPSA) is 56.0 Å². The fourth-order valence-corrected chi connectivity index (χ4v) is 1.82. The van der Waals surface area contributed by atoms with Crippen LogP contribution in [-0.2, 0) is 17.4 Å². The average molecular weight is 254 g/mol. The Bertz CT molecular complexity index is 608. The van der Waals surface area contributed by atoms with Crippen molar-refractivity contribution in [3.63, 3.8) is 0 Å². The number of hydrogen-bond donors (Lipinski definition) is 1. The number of benzene rings is 1. The number of amides is 1. The molecule has 6 heteroatoms. The highest BCUT2D eigenvalue weighted by Gasteiger charge is 2.32. The van der Waals surface area contributed by atoms with E-state index in [1.165, 1.54) is 24.4 Å². The van der Waals surface area contributed by atoms with E-state index in [9.17, 15) is 18.0 Å². The number of rotatable bonds is 2. The summed E-state index contributed by atoms with van der Waals surface area (Å²) in [4.78, 5) is 14.8. The van der Waals surface area contributed by atoms with Gasteiger partial charge in [0.05, 0.1) is 17.7 Å². The van der Waals surface area contributed by atoms with Gasteiger partial charge in [-0.2, -0.15) is 13.2 Å². The van der Waals surface area contributed by atoms with Gasteiger partial charge in [0.15, 0.2) is 0 Å². The maximum absolute atomic E-state index is 12.8. The quantitative estimate of drug-likeness (QED) is 0.893. The molecule has 1 amide bonds. The highest BCUT2D eigenvalue weighted by atomic mass is 19.4. The summed E-state index contributed by atoms with van der Waals surface area (Å²) in [5, 5.41) is 0.322. The van der Waals surface area contributed by atoms with Crippen molar-refractivity contribution >= 4 is 16.7 Å². The third-order valence-corrected chi connectivity index (χ3v) is 2.54. The molecule has 0 unspecified atom stereocenters. The minimum absolute atomic E-state index is 0.0243. The Morgan fingerprint density at radius 1 is 1.22 bits per heavy atom. The van der Waals surface area contributed by atoms with Gasteiger partial charge < -0.3 is 5.73 Å². The van der Waals surface area contributed by atoms with Crippen LogP contribution in [0.5, 0.6) is 0 Å². The molecule has 0 fully saturated rings. The van der Waals surface area contributed by atoms with E-state index in [4.69, 9.17) is 5.73 Å². The minimum atomic E-state index is -4.44. The summed E-state index contributed by atoms with van der Waals surface area (Å²) in [6.07, 6.45) is -3.38. The Labute approximate surface area is 100 Å². The Hall–Kier alpha value is -2.11. The standard InChI is InChI=1S/C12H9F3N2O/c13-12(14,15)9-3-1-2-8-7(9)4-5-17-10(8)6-11(16)18/h1-5H,6H2,(H2,16,18). The van der Waals surface area contributed by atoms with Gasteiger partial charge in [0, 0.05) is 11.6 Å². The number of nitrogens with two attached hydrogens (primary N) is 1. The molecule has 0 spiro atoms. The van der Waals surface area contributed by atoms with Crippen molar-refractivity contribution in [1.29, 1.82) is 0 Å². The highest BCUT2D eigenvalue weighted by molar-refractivity contribution is 5.90. The van der Waals surface area contributed by atoms with E-state index in [1.54, 1.807) is 0 Å². The van der Waals surface area contributed by atoms with E-state index in [2.05, 4.69) is 4.98 Å². The molecular weight excluding hydrogens is 245 g/mol. The van der Waals surface area contributed by atoms with Crippen LogP contribution in [0.1, 0.15) is 11.3 Å². The van der Waals surface area contributed by atoms with Gasteiger partial charge in [0.25, 0.3) is 0 Å². The summed E-state index contributed by atoms with van der Waals surface area (Å²) in [6.45, 7) is 0. The molecule has 2 rings (SSSR count). The van der Waals surface area contributed by atoms with Crippen molar-refractivity contribution in [3.05, 3.63) is 41.7 Å². The third kappa shape index (κ3) is 2.27. The number of halogens is 3. The molecule has 0 saturated heterocycles. The zero-order chi connectivity index (χ0) is 13.3. The minimum Gasteiger partial charge on any atom is -0.369 e. The summed E-state index contributed by atoms with van der Waals surface area (Å²) in [5.41, 5.74) is 4.55. The van der Waals surface area contributed by atoms with Crippen LogP contribution < -0.4 is 5.73 Å². The Kier molecular flexibility index (Phi) is 2.94. The van der Waals surface area contributed by atoms with Gasteiger partial charge in [0.2, 0.25) is 5.91 Å². The lowest BCUT2D eigenvalue weighted by Gasteiger charge is -2.11. The molecule has 0 radical (unpaired) electrons. The van der Waals surface area contributed by atoms with E-state index < -0.39 is 17.6 Å². The van der Waals surface area contributed by atoms with Crippen LogP contribution in [-0.4, -0.2) is 10.9 Å². The first kappa shape index (κ1) is 12.3. The number of fused-ring (bicyclic) bond motifs is 1. The van der Waals surface area contributed by atoms with Crippen molar-refractivity contribution < 1.29 is 18.0 Å². The lowest BCUT2D eigenvalue weighted by molar-refractivity contribution is -0.136. The lowest BCUT2D eigenvalue weighted by Crippen LogP contribution is -2.15. The Morgan fingerprint density at radius 2 is 1.94 bits per heavy atom. The molecule has 18 heavy (non-hydrogen) atoms. The van der Waals surface area contributed by atoms with Crippen molar-refractivity contribution in [2.24, 2.45) is 5.73 Å². The first-order valence-electron chi connectivity index (χ1n) is 5.11.